The fraction of sp³-hybridized carbons (Fsp3) is 0.0625. The fourth-order valence-corrected chi connectivity index (χ4v) is 2.56. The number of anilines is 1. The Hall–Kier alpha value is -3.33. The molecular formula is C16H13N5O3S. The minimum Gasteiger partial charge on any atom is -0.493 e. The van der Waals surface area contributed by atoms with E-state index in [1.165, 1.54) is 12.1 Å². The summed E-state index contributed by atoms with van der Waals surface area (Å²) >= 11 is 5.06. The van der Waals surface area contributed by atoms with Crippen molar-refractivity contribution in [2.75, 3.05) is 5.32 Å². The van der Waals surface area contributed by atoms with Crippen molar-refractivity contribution in [1.82, 2.24) is 4.98 Å². The first kappa shape index (κ1) is 16.5. The molecular weight excluding hydrogens is 342 g/mol. The zero-order valence-corrected chi connectivity index (χ0v) is 13.9. The zero-order chi connectivity index (χ0) is 18.0. The van der Waals surface area contributed by atoms with Gasteiger partial charge in [-0.25, -0.2) is 0 Å². The van der Waals surface area contributed by atoms with E-state index in [0.717, 1.165) is 11.1 Å². The van der Waals surface area contributed by atoms with Crippen molar-refractivity contribution < 1.29 is 10.0 Å². The van der Waals surface area contributed by atoms with Crippen molar-refractivity contribution in [1.29, 1.82) is 0 Å². The Bertz CT molecular complexity index is 1010. The van der Waals surface area contributed by atoms with Gasteiger partial charge < -0.3 is 15.4 Å². The molecule has 0 aliphatic rings. The Morgan fingerprint density at radius 1 is 1.28 bits per heavy atom. The molecule has 0 atom stereocenters. The quantitative estimate of drug-likeness (QED) is 0.275. The maximum absolute atomic E-state index is 11.0. The van der Waals surface area contributed by atoms with E-state index in [1.54, 1.807) is 18.2 Å². The molecule has 0 bridgehead atoms. The van der Waals surface area contributed by atoms with Gasteiger partial charge in [0, 0.05) is 11.5 Å². The zero-order valence-electron chi connectivity index (χ0n) is 13.1. The number of hydrogen-bond donors (Lipinski definition) is 3. The molecule has 126 valence electrons. The third kappa shape index (κ3) is 3.31. The Morgan fingerprint density at radius 3 is 2.80 bits per heavy atom. The highest BCUT2D eigenvalue weighted by Crippen LogP contribution is 2.36. The number of aryl methyl sites for hydroxylation is 1. The van der Waals surface area contributed by atoms with E-state index in [9.17, 15) is 15.2 Å². The number of aromatic amines is 1. The van der Waals surface area contributed by atoms with E-state index in [2.05, 4.69) is 20.5 Å². The Kier molecular flexibility index (Phi) is 4.40. The number of thiocarbonyl (C=S) groups is 1. The molecule has 3 rings (SSSR count). The number of hydrogen-bond acceptors (Lipinski definition) is 5. The third-order valence-corrected chi connectivity index (χ3v) is 3.76. The van der Waals surface area contributed by atoms with E-state index < -0.39 is 4.92 Å². The number of aromatic nitrogens is 1. The van der Waals surface area contributed by atoms with E-state index in [-0.39, 0.29) is 28.1 Å². The number of benzene rings is 2. The van der Waals surface area contributed by atoms with Crippen molar-refractivity contribution in [2.24, 2.45) is 10.2 Å². The molecule has 0 fully saturated rings. The topological polar surface area (TPSA) is 116 Å². The number of aromatic hydroxyl groups is 1. The first-order valence-corrected chi connectivity index (χ1v) is 7.64. The normalized spacial score (nSPS) is 11.1. The summed E-state index contributed by atoms with van der Waals surface area (Å²) in [6.07, 6.45) is 0. The second-order valence-electron chi connectivity index (χ2n) is 5.22. The van der Waals surface area contributed by atoms with Crippen LogP contribution in [-0.4, -0.2) is 20.1 Å². The van der Waals surface area contributed by atoms with Crippen LogP contribution in [0.2, 0.25) is 0 Å². The maximum atomic E-state index is 11.0. The van der Waals surface area contributed by atoms with Gasteiger partial charge in [-0.3, -0.25) is 10.1 Å². The molecule has 1 heterocycles. The van der Waals surface area contributed by atoms with E-state index >= 15 is 0 Å². The van der Waals surface area contributed by atoms with E-state index in [4.69, 9.17) is 12.2 Å². The van der Waals surface area contributed by atoms with Gasteiger partial charge in [-0.15, -0.1) is 10.2 Å². The Balaban J connectivity index is 1.86. The molecule has 0 unspecified atom stereocenters. The van der Waals surface area contributed by atoms with Crippen LogP contribution < -0.4 is 5.32 Å². The van der Waals surface area contributed by atoms with Crippen LogP contribution in [0.1, 0.15) is 5.56 Å². The lowest BCUT2D eigenvalue weighted by atomic mass is 10.1. The lowest BCUT2D eigenvalue weighted by molar-refractivity contribution is -0.383. The molecule has 8 nitrogen and oxygen atoms in total. The van der Waals surface area contributed by atoms with Gasteiger partial charge in [-0.2, -0.15) is 0 Å². The van der Waals surface area contributed by atoms with Crippen molar-refractivity contribution in [2.45, 2.75) is 6.92 Å². The molecule has 0 spiro atoms. The van der Waals surface area contributed by atoms with Crippen LogP contribution in [-0.2, 0) is 0 Å². The number of nitrogens with one attached hydrogen (secondary N) is 2. The summed E-state index contributed by atoms with van der Waals surface area (Å²) in [6.45, 7) is 1.90. The van der Waals surface area contributed by atoms with Crippen LogP contribution in [0.25, 0.3) is 10.9 Å². The molecule has 1 aromatic heterocycles. The summed E-state index contributed by atoms with van der Waals surface area (Å²) in [5.74, 6) is -0.124. The molecule has 0 saturated carbocycles. The standard InChI is InChI=1S/C16H13N5O3S/c1-9-5-4-6-10-13(9)18-15(22)14(10)19-20-16(25)17-11-7-2-3-8-12(11)21(23)24/h2-8,18,22H,1H3,(H,17,25). The number of fused-ring (bicyclic) bond motifs is 1. The number of para-hydroxylation sites is 3. The van der Waals surface area contributed by atoms with Crippen LogP contribution in [0.3, 0.4) is 0 Å². The number of H-pyrrole nitrogens is 1. The van der Waals surface area contributed by atoms with Crippen molar-refractivity contribution in [3.63, 3.8) is 0 Å². The first-order valence-electron chi connectivity index (χ1n) is 7.24. The largest absolute Gasteiger partial charge is 0.493 e. The molecule has 0 radical (unpaired) electrons. The molecule has 0 saturated heterocycles. The molecule has 3 aromatic rings. The number of nitro benzene ring substituents is 1. The predicted octanol–water partition coefficient (Wildman–Crippen LogP) is 4.57. The summed E-state index contributed by atoms with van der Waals surface area (Å²) < 4.78 is 0. The highest BCUT2D eigenvalue weighted by atomic mass is 32.1. The summed E-state index contributed by atoms with van der Waals surface area (Å²) in [5, 5.41) is 32.2. The van der Waals surface area contributed by atoms with Gasteiger partial charge >= 0.3 is 0 Å². The van der Waals surface area contributed by atoms with Gasteiger partial charge in [0.05, 0.1) is 10.4 Å². The van der Waals surface area contributed by atoms with Crippen molar-refractivity contribution in [3.8, 4) is 5.88 Å². The number of azo groups is 1. The van der Waals surface area contributed by atoms with Gasteiger partial charge in [0.1, 0.15) is 5.69 Å². The molecule has 2 aromatic carbocycles. The molecule has 0 aliphatic carbocycles. The van der Waals surface area contributed by atoms with Gasteiger partial charge in [0.25, 0.3) is 5.69 Å². The minimum absolute atomic E-state index is 0.0595. The average molecular weight is 355 g/mol. The monoisotopic (exact) mass is 355 g/mol. The van der Waals surface area contributed by atoms with Gasteiger partial charge in [0.2, 0.25) is 11.0 Å². The maximum Gasteiger partial charge on any atom is 0.292 e. The lowest BCUT2D eigenvalue weighted by Gasteiger charge is -2.03. The number of rotatable bonds is 3. The van der Waals surface area contributed by atoms with Crippen LogP contribution in [0.4, 0.5) is 17.1 Å². The SMILES string of the molecule is Cc1cccc2c(N=NC(=S)Nc3ccccc3[N+](=O)[O-])c(O)[nH]c12. The van der Waals surface area contributed by atoms with E-state index in [1.807, 2.05) is 19.1 Å². The third-order valence-electron chi connectivity index (χ3n) is 3.58. The lowest BCUT2D eigenvalue weighted by Crippen LogP contribution is -2.07. The summed E-state index contributed by atoms with van der Waals surface area (Å²) in [5.41, 5.74) is 2.06. The Labute approximate surface area is 147 Å². The van der Waals surface area contributed by atoms with Crippen molar-refractivity contribution >= 4 is 45.3 Å². The smallest absolute Gasteiger partial charge is 0.292 e. The molecule has 3 N–H and O–H groups in total. The Morgan fingerprint density at radius 2 is 2.04 bits per heavy atom. The fourth-order valence-electron chi connectivity index (χ4n) is 2.41. The van der Waals surface area contributed by atoms with Crippen LogP contribution in [0.15, 0.2) is 52.7 Å². The second kappa shape index (κ2) is 6.65. The highest BCUT2D eigenvalue weighted by molar-refractivity contribution is 7.80. The van der Waals surface area contributed by atoms with Crippen molar-refractivity contribution in [3.05, 3.63) is 58.1 Å². The predicted molar refractivity (Wildman–Crippen MR) is 98.5 cm³/mol. The van der Waals surface area contributed by atoms with E-state index in [0.29, 0.717) is 5.39 Å². The average Bonchev–Trinajstić information content (AvgIpc) is 2.90. The molecule has 0 amide bonds. The summed E-state index contributed by atoms with van der Waals surface area (Å²) in [7, 11) is 0. The minimum atomic E-state index is -0.518. The second-order valence-corrected chi connectivity index (χ2v) is 5.61. The van der Waals surface area contributed by atoms with Crippen LogP contribution in [0, 0.1) is 17.0 Å². The van der Waals surface area contributed by atoms with Gasteiger partial charge in [-0.05, 0) is 30.8 Å². The molecule has 0 aliphatic heterocycles. The summed E-state index contributed by atoms with van der Waals surface area (Å²) in [6, 6.07) is 11.6. The number of nitrogens with zero attached hydrogens (tertiary/aromatic N) is 3. The number of nitro groups is 1. The first-order chi connectivity index (χ1) is 12.0. The van der Waals surface area contributed by atoms with Crippen LogP contribution >= 0.6 is 12.2 Å². The highest BCUT2D eigenvalue weighted by Gasteiger charge is 2.14. The van der Waals surface area contributed by atoms with Gasteiger partial charge in [-0.1, -0.05) is 30.3 Å². The molecule has 9 heteroatoms. The summed E-state index contributed by atoms with van der Waals surface area (Å²) in [4.78, 5) is 13.3. The molecule has 25 heavy (non-hydrogen) atoms. The van der Waals surface area contributed by atoms with Crippen LogP contribution in [0.5, 0.6) is 5.88 Å². The van der Waals surface area contributed by atoms with Gasteiger partial charge in [0.15, 0.2) is 5.69 Å².